The van der Waals surface area contributed by atoms with Crippen LogP contribution < -0.4 is 9.47 Å². The van der Waals surface area contributed by atoms with Gasteiger partial charge in [0.2, 0.25) is 0 Å². The summed E-state index contributed by atoms with van der Waals surface area (Å²) in [6.45, 7) is 2.77. The lowest BCUT2D eigenvalue weighted by Crippen LogP contribution is -2.11. The standard InChI is InChI=1S/C12H12Cl2O3/c1-7(13)12(15)8-5-10-11(6-9(8)14)17-4-2-3-16-10/h5-7H,2-4H2,1H3. The van der Waals surface area contributed by atoms with Gasteiger partial charge < -0.3 is 9.47 Å². The lowest BCUT2D eigenvalue weighted by molar-refractivity contribution is 0.0991. The molecule has 0 aromatic heterocycles. The van der Waals surface area contributed by atoms with Crippen molar-refractivity contribution in [2.75, 3.05) is 13.2 Å². The van der Waals surface area contributed by atoms with Crippen molar-refractivity contribution in [3.8, 4) is 11.5 Å². The molecule has 0 aliphatic carbocycles. The van der Waals surface area contributed by atoms with Crippen LogP contribution in [0, 0.1) is 0 Å². The van der Waals surface area contributed by atoms with Crippen LogP contribution in [0.5, 0.6) is 11.5 Å². The maximum Gasteiger partial charge on any atom is 0.182 e. The minimum absolute atomic E-state index is 0.215. The molecule has 1 aromatic rings. The van der Waals surface area contributed by atoms with Crippen LogP contribution in [0.25, 0.3) is 0 Å². The molecule has 5 heteroatoms. The van der Waals surface area contributed by atoms with Crippen molar-refractivity contribution in [1.29, 1.82) is 0 Å². The number of Topliss-reactive ketones (excluding diaryl/α,β-unsaturated/α-hetero) is 1. The number of hydrogen-bond acceptors (Lipinski definition) is 3. The number of rotatable bonds is 2. The number of carbonyl (C=O) groups is 1. The molecule has 0 bridgehead atoms. The van der Waals surface area contributed by atoms with Gasteiger partial charge in [-0.15, -0.1) is 11.6 Å². The molecular weight excluding hydrogens is 263 g/mol. The molecule has 0 saturated carbocycles. The molecule has 0 saturated heterocycles. The van der Waals surface area contributed by atoms with Gasteiger partial charge in [-0.1, -0.05) is 11.6 Å². The molecule has 2 rings (SSSR count). The van der Waals surface area contributed by atoms with Crippen molar-refractivity contribution in [2.45, 2.75) is 18.7 Å². The average Bonchev–Trinajstić information content (AvgIpc) is 2.51. The summed E-state index contributed by atoms with van der Waals surface area (Å²) in [5.41, 5.74) is 0.374. The lowest BCUT2D eigenvalue weighted by atomic mass is 10.1. The third kappa shape index (κ3) is 2.67. The first kappa shape index (κ1) is 12.5. The summed E-state index contributed by atoms with van der Waals surface area (Å²) in [7, 11) is 0. The molecular formula is C12H12Cl2O3. The van der Waals surface area contributed by atoms with E-state index in [1.54, 1.807) is 19.1 Å². The molecule has 17 heavy (non-hydrogen) atoms. The maximum atomic E-state index is 11.8. The Hall–Kier alpha value is -0.930. The zero-order valence-electron chi connectivity index (χ0n) is 9.33. The lowest BCUT2D eigenvalue weighted by Gasteiger charge is -2.11. The van der Waals surface area contributed by atoms with E-state index in [-0.39, 0.29) is 5.78 Å². The van der Waals surface area contributed by atoms with Gasteiger partial charge in [0.15, 0.2) is 17.3 Å². The van der Waals surface area contributed by atoms with Crippen LogP contribution in [0.3, 0.4) is 0 Å². The SMILES string of the molecule is CC(Cl)C(=O)c1cc2c(cc1Cl)OCCCO2. The van der Waals surface area contributed by atoms with Gasteiger partial charge in [-0.25, -0.2) is 0 Å². The summed E-state index contributed by atoms with van der Waals surface area (Å²) in [4.78, 5) is 11.8. The largest absolute Gasteiger partial charge is 0.490 e. The Morgan fingerprint density at radius 3 is 2.47 bits per heavy atom. The fourth-order valence-corrected chi connectivity index (χ4v) is 1.95. The fraction of sp³-hybridized carbons (Fsp3) is 0.417. The Labute approximate surface area is 110 Å². The predicted molar refractivity (Wildman–Crippen MR) is 66.7 cm³/mol. The van der Waals surface area contributed by atoms with E-state index >= 15 is 0 Å². The van der Waals surface area contributed by atoms with Gasteiger partial charge in [-0.2, -0.15) is 0 Å². The minimum atomic E-state index is -0.614. The Kier molecular flexibility index (Phi) is 3.79. The third-order valence-electron chi connectivity index (χ3n) is 2.46. The van der Waals surface area contributed by atoms with Gasteiger partial charge in [0, 0.05) is 18.1 Å². The second kappa shape index (κ2) is 5.15. The predicted octanol–water partition coefficient (Wildman–Crippen LogP) is 3.31. The molecule has 0 fully saturated rings. The first-order valence-electron chi connectivity index (χ1n) is 5.37. The summed E-state index contributed by atoms with van der Waals surface area (Å²) in [5, 5.41) is -0.274. The zero-order chi connectivity index (χ0) is 12.4. The number of hydrogen-bond donors (Lipinski definition) is 0. The quantitative estimate of drug-likeness (QED) is 0.613. The Morgan fingerprint density at radius 1 is 1.29 bits per heavy atom. The van der Waals surface area contributed by atoms with E-state index in [0.717, 1.165) is 6.42 Å². The summed E-state index contributed by atoms with van der Waals surface area (Å²) >= 11 is 11.8. The first-order chi connectivity index (χ1) is 8.09. The number of fused-ring (bicyclic) bond motifs is 1. The van der Waals surface area contributed by atoms with Crippen molar-refractivity contribution in [3.05, 3.63) is 22.7 Å². The van der Waals surface area contributed by atoms with Crippen LogP contribution in [-0.2, 0) is 0 Å². The Morgan fingerprint density at radius 2 is 1.88 bits per heavy atom. The molecule has 0 radical (unpaired) electrons. The van der Waals surface area contributed by atoms with Crippen LogP contribution in [0.1, 0.15) is 23.7 Å². The number of carbonyl (C=O) groups excluding carboxylic acids is 1. The van der Waals surface area contributed by atoms with Crippen molar-refractivity contribution in [3.63, 3.8) is 0 Å². The molecule has 3 nitrogen and oxygen atoms in total. The van der Waals surface area contributed by atoms with Crippen molar-refractivity contribution < 1.29 is 14.3 Å². The smallest absolute Gasteiger partial charge is 0.182 e. The molecule has 0 N–H and O–H groups in total. The van der Waals surface area contributed by atoms with Crippen LogP contribution in [0.2, 0.25) is 5.02 Å². The van der Waals surface area contributed by atoms with Crippen LogP contribution >= 0.6 is 23.2 Å². The van der Waals surface area contributed by atoms with E-state index in [1.807, 2.05) is 0 Å². The van der Waals surface area contributed by atoms with Crippen molar-refractivity contribution in [2.24, 2.45) is 0 Å². The molecule has 0 amide bonds. The van der Waals surface area contributed by atoms with Crippen LogP contribution in [0.15, 0.2) is 12.1 Å². The molecule has 92 valence electrons. The van der Waals surface area contributed by atoms with Gasteiger partial charge >= 0.3 is 0 Å². The number of ether oxygens (including phenoxy) is 2. The summed E-state index contributed by atoms with van der Waals surface area (Å²) in [6, 6.07) is 3.21. The Balaban J connectivity index is 2.42. The van der Waals surface area contributed by atoms with Gasteiger partial charge in [0.25, 0.3) is 0 Å². The molecule has 1 aromatic carbocycles. The van der Waals surface area contributed by atoms with Crippen LogP contribution in [0.4, 0.5) is 0 Å². The third-order valence-corrected chi connectivity index (χ3v) is 2.97. The van der Waals surface area contributed by atoms with Gasteiger partial charge in [0.1, 0.15) is 0 Å². The molecule has 0 spiro atoms. The normalized spacial score (nSPS) is 16.2. The topological polar surface area (TPSA) is 35.5 Å². The van der Waals surface area contributed by atoms with Gasteiger partial charge in [0.05, 0.1) is 23.6 Å². The molecule has 1 atom stereocenters. The molecule has 1 aliphatic heterocycles. The summed E-state index contributed by atoms with van der Waals surface area (Å²) in [5.74, 6) is 0.908. The van der Waals surface area contributed by atoms with E-state index < -0.39 is 5.38 Å². The number of alkyl halides is 1. The van der Waals surface area contributed by atoms with E-state index in [0.29, 0.717) is 35.3 Å². The van der Waals surface area contributed by atoms with Gasteiger partial charge in [-0.05, 0) is 13.0 Å². The number of benzene rings is 1. The van der Waals surface area contributed by atoms with Gasteiger partial charge in [-0.3, -0.25) is 4.79 Å². The van der Waals surface area contributed by atoms with E-state index in [1.165, 1.54) is 0 Å². The highest BCUT2D eigenvalue weighted by Crippen LogP contribution is 2.35. The van der Waals surface area contributed by atoms with Crippen molar-refractivity contribution in [1.82, 2.24) is 0 Å². The zero-order valence-corrected chi connectivity index (χ0v) is 10.8. The fourth-order valence-electron chi connectivity index (χ4n) is 1.59. The molecule has 1 aliphatic rings. The second-order valence-corrected chi connectivity index (χ2v) is 4.87. The van der Waals surface area contributed by atoms with E-state index in [4.69, 9.17) is 32.7 Å². The van der Waals surface area contributed by atoms with Crippen molar-refractivity contribution >= 4 is 29.0 Å². The number of ketones is 1. The highest BCUT2D eigenvalue weighted by Gasteiger charge is 2.20. The van der Waals surface area contributed by atoms with Crippen LogP contribution in [-0.4, -0.2) is 24.4 Å². The average molecular weight is 275 g/mol. The summed E-state index contributed by atoms with van der Waals surface area (Å²) < 4.78 is 11.0. The highest BCUT2D eigenvalue weighted by atomic mass is 35.5. The Bertz CT molecular complexity index is 444. The summed E-state index contributed by atoms with van der Waals surface area (Å²) in [6.07, 6.45) is 0.807. The maximum absolute atomic E-state index is 11.8. The number of halogens is 2. The minimum Gasteiger partial charge on any atom is -0.490 e. The highest BCUT2D eigenvalue weighted by molar-refractivity contribution is 6.39. The monoisotopic (exact) mass is 274 g/mol. The molecule has 1 heterocycles. The van der Waals surface area contributed by atoms with E-state index in [2.05, 4.69) is 0 Å². The first-order valence-corrected chi connectivity index (χ1v) is 6.18. The second-order valence-electron chi connectivity index (χ2n) is 3.81. The van der Waals surface area contributed by atoms with E-state index in [9.17, 15) is 4.79 Å². The molecule has 1 unspecified atom stereocenters.